The molecular formula is C40H36N4OPd. The third-order valence-electron chi connectivity index (χ3n) is 8.65. The molecule has 0 unspecified atom stereocenters. The quantitative estimate of drug-likeness (QED) is 0.129. The minimum Gasteiger partial charge on any atom is -0.509 e. The number of fused-ring (bicyclic) bond motifs is 3. The van der Waals surface area contributed by atoms with E-state index in [1.165, 1.54) is 27.8 Å². The van der Waals surface area contributed by atoms with Crippen LogP contribution in [0.3, 0.4) is 0 Å². The standard InChI is InChI=1S/C40H36N4O.Pd/c1-8-30-20-31(44-29(7)40(28(6)42-44)39-26(4)17-25(3)18-27(39)5)22-33(21-30)45-32-13-14-35-34-11-9-10-12-36(34)43(37(35)23-32)38-19-24(2)15-16-41-38;/h9-21H,8H2,1-7H3;/q-2;+2. The first-order valence-electron chi connectivity index (χ1n) is 15.5. The Kier molecular flexibility index (Phi) is 8.46. The summed E-state index contributed by atoms with van der Waals surface area (Å²) >= 11 is 0. The molecule has 0 fully saturated rings. The maximum absolute atomic E-state index is 6.53. The van der Waals surface area contributed by atoms with Crippen molar-refractivity contribution in [2.75, 3.05) is 0 Å². The van der Waals surface area contributed by atoms with Crippen LogP contribution in [0.4, 0.5) is 0 Å². The molecule has 0 spiro atoms. The van der Waals surface area contributed by atoms with Gasteiger partial charge in [-0.1, -0.05) is 54.8 Å². The molecule has 4 aromatic carbocycles. The van der Waals surface area contributed by atoms with Crippen LogP contribution in [0.1, 0.15) is 46.1 Å². The molecule has 0 saturated heterocycles. The molecule has 0 aliphatic carbocycles. The Labute approximate surface area is 284 Å². The van der Waals surface area contributed by atoms with E-state index in [2.05, 4.69) is 126 Å². The van der Waals surface area contributed by atoms with Gasteiger partial charge in [0.1, 0.15) is 5.82 Å². The zero-order chi connectivity index (χ0) is 31.4. The Balaban J connectivity index is 0.00000372. The average molecular weight is 695 g/mol. The van der Waals surface area contributed by atoms with Gasteiger partial charge in [0, 0.05) is 34.5 Å². The van der Waals surface area contributed by atoms with Gasteiger partial charge < -0.3 is 9.30 Å². The largest absolute Gasteiger partial charge is 2.00 e. The van der Waals surface area contributed by atoms with Crippen molar-refractivity contribution < 1.29 is 25.2 Å². The van der Waals surface area contributed by atoms with Crippen molar-refractivity contribution in [1.29, 1.82) is 0 Å². The number of aromatic nitrogens is 4. The van der Waals surface area contributed by atoms with Crippen LogP contribution in [0.2, 0.25) is 0 Å². The van der Waals surface area contributed by atoms with Crippen molar-refractivity contribution in [3.05, 3.63) is 130 Å². The molecule has 3 aromatic heterocycles. The molecule has 7 aromatic rings. The normalized spacial score (nSPS) is 11.3. The number of benzene rings is 4. The molecule has 0 aliphatic rings. The Hall–Kier alpha value is -4.50. The summed E-state index contributed by atoms with van der Waals surface area (Å²) in [6, 6.07) is 32.4. The van der Waals surface area contributed by atoms with E-state index >= 15 is 0 Å². The van der Waals surface area contributed by atoms with Crippen molar-refractivity contribution in [1.82, 2.24) is 19.3 Å². The fourth-order valence-electron chi connectivity index (χ4n) is 6.70. The Morgan fingerprint density at radius 2 is 1.50 bits per heavy atom. The fourth-order valence-corrected chi connectivity index (χ4v) is 6.70. The molecular weight excluding hydrogens is 659 g/mol. The third kappa shape index (κ3) is 5.47. The number of para-hydroxylation sites is 1. The van der Waals surface area contributed by atoms with Gasteiger partial charge in [0.2, 0.25) is 0 Å². The Morgan fingerprint density at radius 1 is 0.739 bits per heavy atom. The van der Waals surface area contributed by atoms with Crippen LogP contribution in [0.15, 0.2) is 79.0 Å². The minimum atomic E-state index is 0. The van der Waals surface area contributed by atoms with Crippen LogP contribution >= 0.6 is 0 Å². The summed E-state index contributed by atoms with van der Waals surface area (Å²) in [6.45, 7) is 15.0. The summed E-state index contributed by atoms with van der Waals surface area (Å²) in [5.41, 5.74) is 13.5. The second kappa shape index (κ2) is 12.4. The molecule has 0 N–H and O–H groups in total. The van der Waals surface area contributed by atoms with Crippen LogP contribution < -0.4 is 4.74 Å². The number of pyridine rings is 1. The molecule has 0 radical (unpaired) electrons. The van der Waals surface area contributed by atoms with Crippen LogP contribution in [-0.2, 0) is 26.8 Å². The average Bonchev–Trinajstić information content (AvgIpc) is 3.49. The first-order valence-corrected chi connectivity index (χ1v) is 15.5. The second-order valence-corrected chi connectivity index (χ2v) is 12.1. The topological polar surface area (TPSA) is 44.9 Å². The molecule has 7 rings (SSSR count). The predicted octanol–water partition coefficient (Wildman–Crippen LogP) is 9.83. The summed E-state index contributed by atoms with van der Waals surface area (Å²) in [5.74, 6) is 2.11. The van der Waals surface area contributed by atoms with Gasteiger partial charge in [-0.05, 0) is 93.1 Å². The molecule has 46 heavy (non-hydrogen) atoms. The number of ether oxygens (including phenoxy) is 1. The van der Waals surface area contributed by atoms with E-state index < -0.39 is 0 Å². The SMILES string of the molecule is CCc1cc(Oc2[c-]c3c(cc2)c2ccccc2n3-c2cc(C)ccn2)[c-]c(-n2nc(C)c(-c3c(C)cc(C)cc3C)c2C)c1.[Pd+2]. The predicted molar refractivity (Wildman–Crippen MR) is 183 cm³/mol. The summed E-state index contributed by atoms with van der Waals surface area (Å²) in [7, 11) is 0. The van der Waals surface area contributed by atoms with Crippen molar-refractivity contribution in [3.8, 4) is 34.1 Å². The van der Waals surface area contributed by atoms with Crippen LogP contribution in [0, 0.1) is 53.7 Å². The van der Waals surface area contributed by atoms with Gasteiger partial charge in [0.05, 0.1) is 5.69 Å². The smallest absolute Gasteiger partial charge is 0.509 e. The van der Waals surface area contributed by atoms with Gasteiger partial charge in [-0.2, -0.15) is 16.7 Å². The summed E-state index contributed by atoms with van der Waals surface area (Å²) in [4.78, 5) is 4.70. The number of rotatable bonds is 6. The summed E-state index contributed by atoms with van der Waals surface area (Å²) in [6.07, 6.45) is 2.71. The van der Waals surface area contributed by atoms with E-state index in [-0.39, 0.29) is 20.4 Å². The van der Waals surface area contributed by atoms with Gasteiger partial charge in [0.15, 0.2) is 0 Å². The molecule has 5 nitrogen and oxygen atoms in total. The van der Waals surface area contributed by atoms with E-state index in [0.29, 0.717) is 11.5 Å². The first-order chi connectivity index (χ1) is 21.7. The third-order valence-corrected chi connectivity index (χ3v) is 8.65. The molecule has 0 bridgehead atoms. The van der Waals surface area contributed by atoms with Crippen LogP contribution in [0.5, 0.6) is 11.5 Å². The fraction of sp³-hybridized carbons (Fsp3) is 0.200. The molecule has 0 amide bonds. The zero-order valence-corrected chi connectivity index (χ0v) is 28.8. The summed E-state index contributed by atoms with van der Waals surface area (Å²) < 4.78 is 10.7. The van der Waals surface area contributed by atoms with E-state index in [0.717, 1.165) is 62.2 Å². The van der Waals surface area contributed by atoms with Crippen molar-refractivity contribution in [2.24, 2.45) is 0 Å². The number of hydrogen-bond acceptors (Lipinski definition) is 3. The van der Waals surface area contributed by atoms with E-state index in [1.54, 1.807) is 0 Å². The Bertz CT molecular complexity index is 2240. The zero-order valence-electron chi connectivity index (χ0n) is 27.2. The van der Waals surface area contributed by atoms with Gasteiger partial charge in [-0.3, -0.25) is 4.68 Å². The monoisotopic (exact) mass is 694 g/mol. The van der Waals surface area contributed by atoms with E-state index in [1.807, 2.05) is 23.0 Å². The van der Waals surface area contributed by atoms with Crippen molar-refractivity contribution in [3.63, 3.8) is 0 Å². The number of hydrogen-bond donors (Lipinski definition) is 0. The van der Waals surface area contributed by atoms with Gasteiger partial charge in [-0.15, -0.1) is 35.7 Å². The van der Waals surface area contributed by atoms with Gasteiger partial charge in [-0.25, -0.2) is 4.98 Å². The van der Waals surface area contributed by atoms with Gasteiger partial charge in [0.25, 0.3) is 0 Å². The van der Waals surface area contributed by atoms with Gasteiger partial charge >= 0.3 is 20.4 Å². The molecule has 0 atom stereocenters. The molecule has 0 saturated carbocycles. The molecule has 0 aliphatic heterocycles. The Morgan fingerprint density at radius 3 is 2.24 bits per heavy atom. The maximum atomic E-state index is 6.53. The molecule has 232 valence electrons. The van der Waals surface area contributed by atoms with Crippen molar-refractivity contribution in [2.45, 2.75) is 54.9 Å². The first kappa shape index (κ1) is 31.5. The molecule has 6 heteroatoms. The maximum Gasteiger partial charge on any atom is 2.00 e. The number of nitrogens with zero attached hydrogens (tertiary/aromatic N) is 4. The van der Waals surface area contributed by atoms with E-state index in [4.69, 9.17) is 14.8 Å². The van der Waals surface area contributed by atoms with Crippen LogP contribution in [0.25, 0.3) is 44.4 Å². The van der Waals surface area contributed by atoms with Crippen LogP contribution in [-0.4, -0.2) is 19.3 Å². The minimum absolute atomic E-state index is 0. The molecule has 3 heterocycles. The summed E-state index contributed by atoms with van der Waals surface area (Å²) in [5, 5.41) is 7.27. The van der Waals surface area contributed by atoms with Crippen molar-refractivity contribution >= 4 is 21.8 Å². The second-order valence-electron chi connectivity index (χ2n) is 12.1. The number of aryl methyl sites for hydroxylation is 6. The van der Waals surface area contributed by atoms with E-state index in [9.17, 15) is 0 Å².